The van der Waals surface area contributed by atoms with Crippen molar-refractivity contribution in [3.63, 3.8) is 0 Å². The number of sulfonamides is 1. The van der Waals surface area contributed by atoms with Gasteiger partial charge in [0.2, 0.25) is 10.0 Å². The van der Waals surface area contributed by atoms with E-state index in [1.54, 1.807) is 0 Å². The number of rotatable bonds is 4. The van der Waals surface area contributed by atoms with E-state index in [0.29, 0.717) is 12.1 Å². The van der Waals surface area contributed by atoms with Crippen LogP contribution in [0.1, 0.15) is 34.5 Å². The quantitative estimate of drug-likeness (QED) is 0.891. The van der Waals surface area contributed by atoms with Gasteiger partial charge in [0.1, 0.15) is 0 Å². The molecule has 2 N–H and O–H groups in total. The number of hydrogen-bond acceptors (Lipinski definition) is 3. The van der Waals surface area contributed by atoms with E-state index in [0.717, 1.165) is 12.3 Å². The molecule has 112 valence electrons. The lowest BCUT2D eigenvalue weighted by molar-refractivity contribution is -0.137. The van der Waals surface area contributed by atoms with Gasteiger partial charge in [-0.05, 0) is 30.7 Å². The van der Waals surface area contributed by atoms with Gasteiger partial charge in [0.05, 0.1) is 17.4 Å². The van der Waals surface area contributed by atoms with Gasteiger partial charge in [0, 0.05) is 6.04 Å². The number of hydrogen-bond donors (Lipinski definition) is 2. The molecule has 1 atom stereocenters. The first-order valence-corrected chi connectivity index (χ1v) is 7.22. The van der Waals surface area contributed by atoms with E-state index < -0.39 is 33.8 Å². The van der Waals surface area contributed by atoms with Crippen molar-refractivity contribution in [1.82, 2.24) is 4.72 Å². The second kappa shape index (κ2) is 5.41. The average Bonchev–Trinajstić information content (AvgIpc) is 2.24. The fourth-order valence-corrected chi connectivity index (χ4v) is 2.45. The Morgan fingerprint density at radius 1 is 1.35 bits per heavy atom. The summed E-state index contributed by atoms with van der Waals surface area (Å²) in [5.74, 6) is -1.43. The number of alkyl halides is 3. The highest BCUT2D eigenvalue weighted by molar-refractivity contribution is 7.88. The van der Waals surface area contributed by atoms with Crippen molar-refractivity contribution in [3.05, 3.63) is 34.9 Å². The van der Waals surface area contributed by atoms with Crippen molar-refractivity contribution in [3.8, 4) is 0 Å². The molecule has 0 saturated heterocycles. The predicted molar refractivity (Wildman–Crippen MR) is 64.8 cm³/mol. The van der Waals surface area contributed by atoms with E-state index in [1.165, 1.54) is 6.92 Å². The van der Waals surface area contributed by atoms with Crippen LogP contribution in [0.15, 0.2) is 18.2 Å². The standard InChI is InChI=1S/C11H12F3NO4S/c1-6(15-20(2,18)19)9-5-7(11(12,13)14)3-4-8(9)10(16)17/h3-6,15H,1-2H3,(H,16,17). The van der Waals surface area contributed by atoms with Crippen LogP contribution in [0.4, 0.5) is 13.2 Å². The molecule has 0 amide bonds. The molecular weight excluding hydrogens is 299 g/mol. The summed E-state index contributed by atoms with van der Waals surface area (Å²) in [6.07, 6.45) is -3.81. The zero-order valence-corrected chi connectivity index (χ0v) is 11.3. The number of carboxylic acids is 1. The minimum atomic E-state index is -4.64. The average molecular weight is 311 g/mol. The van der Waals surface area contributed by atoms with Gasteiger partial charge in [-0.25, -0.2) is 17.9 Å². The van der Waals surface area contributed by atoms with Crippen molar-refractivity contribution in [1.29, 1.82) is 0 Å². The summed E-state index contributed by atoms with van der Waals surface area (Å²) in [5.41, 5.74) is -1.68. The Morgan fingerprint density at radius 3 is 2.30 bits per heavy atom. The lowest BCUT2D eigenvalue weighted by Gasteiger charge is -2.17. The van der Waals surface area contributed by atoms with E-state index in [2.05, 4.69) is 4.72 Å². The lowest BCUT2D eigenvalue weighted by Crippen LogP contribution is -2.27. The Kier molecular flexibility index (Phi) is 4.45. The molecule has 1 aromatic carbocycles. The molecule has 1 aromatic rings. The van der Waals surface area contributed by atoms with E-state index in [9.17, 15) is 26.4 Å². The first-order chi connectivity index (χ1) is 8.92. The Balaban J connectivity index is 3.36. The zero-order chi connectivity index (χ0) is 15.7. The van der Waals surface area contributed by atoms with Crippen LogP contribution >= 0.6 is 0 Å². The second-order valence-electron chi connectivity index (χ2n) is 4.22. The maximum absolute atomic E-state index is 12.6. The molecule has 1 rings (SSSR count). The largest absolute Gasteiger partial charge is 0.478 e. The normalized spacial score (nSPS) is 14.1. The van der Waals surface area contributed by atoms with Crippen LogP contribution in [-0.2, 0) is 16.2 Å². The van der Waals surface area contributed by atoms with Crippen molar-refractivity contribution >= 4 is 16.0 Å². The van der Waals surface area contributed by atoms with Crippen LogP contribution in [0, 0.1) is 0 Å². The van der Waals surface area contributed by atoms with Gasteiger partial charge in [-0.1, -0.05) is 0 Å². The van der Waals surface area contributed by atoms with Crippen LogP contribution < -0.4 is 4.72 Å². The molecule has 0 bridgehead atoms. The number of halogens is 3. The number of aromatic carboxylic acids is 1. The van der Waals surface area contributed by atoms with Crippen LogP contribution in [0.25, 0.3) is 0 Å². The minimum absolute atomic E-state index is 0.252. The van der Waals surface area contributed by atoms with Gasteiger partial charge in [-0.15, -0.1) is 0 Å². The molecule has 0 radical (unpaired) electrons. The third-order valence-corrected chi connectivity index (χ3v) is 3.25. The highest BCUT2D eigenvalue weighted by Crippen LogP contribution is 2.32. The topological polar surface area (TPSA) is 83.5 Å². The number of nitrogens with one attached hydrogen (secondary N) is 1. The predicted octanol–water partition coefficient (Wildman–Crippen LogP) is 2.01. The molecule has 0 aliphatic heterocycles. The Labute approximate surface area is 113 Å². The Bertz CT molecular complexity index is 625. The van der Waals surface area contributed by atoms with Crippen molar-refractivity contribution < 1.29 is 31.5 Å². The van der Waals surface area contributed by atoms with Gasteiger partial charge in [-0.2, -0.15) is 13.2 Å². The third-order valence-electron chi connectivity index (χ3n) is 2.47. The molecule has 20 heavy (non-hydrogen) atoms. The monoisotopic (exact) mass is 311 g/mol. The highest BCUT2D eigenvalue weighted by atomic mass is 32.2. The van der Waals surface area contributed by atoms with Crippen LogP contribution in [0.3, 0.4) is 0 Å². The third kappa shape index (κ3) is 4.20. The minimum Gasteiger partial charge on any atom is -0.478 e. The summed E-state index contributed by atoms with van der Waals surface area (Å²) in [6.45, 7) is 1.27. The molecule has 0 aromatic heterocycles. The summed E-state index contributed by atoms with van der Waals surface area (Å²) in [5, 5.41) is 8.95. The zero-order valence-electron chi connectivity index (χ0n) is 10.5. The highest BCUT2D eigenvalue weighted by Gasteiger charge is 2.32. The number of carbonyl (C=O) groups is 1. The molecule has 9 heteroatoms. The van der Waals surface area contributed by atoms with E-state index >= 15 is 0 Å². The summed E-state index contributed by atoms with van der Waals surface area (Å²) in [4.78, 5) is 11.0. The number of carboxylic acid groups (broad SMARTS) is 1. The molecule has 1 unspecified atom stereocenters. The van der Waals surface area contributed by atoms with Crippen LogP contribution in [0.2, 0.25) is 0 Å². The second-order valence-corrected chi connectivity index (χ2v) is 6.00. The van der Waals surface area contributed by atoms with Gasteiger partial charge in [0.15, 0.2) is 0 Å². The van der Waals surface area contributed by atoms with E-state index in [4.69, 9.17) is 5.11 Å². The Hall–Kier alpha value is -1.61. The maximum Gasteiger partial charge on any atom is 0.416 e. The molecule has 0 heterocycles. The summed E-state index contributed by atoms with van der Waals surface area (Å²) >= 11 is 0. The van der Waals surface area contributed by atoms with Gasteiger partial charge >= 0.3 is 12.1 Å². The van der Waals surface area contributed by atoms with Gasteiger partial charge in [-0.3, -0.25) is 0 Å². The molecule has 5 nitrogen and oxygen atoms in total. The lowest BCUT2D eigenvalue weighted by atomic mass is 9.99. The summed E-state index contributed by atoms with van der Waals surface area (Å²) < 4.78 is 62.1. The van der Waals surface area contributed by atoms with Crippen LogP contribution in [-0.4, -0.2) is 25.7 Å². The molecule has 0 spiro atoms. The molecule has 0 aliphatic carbocycles. The molecule has 0 fully saturated rings. The van der Waals surface area contributed by atoms with Crippen molar-refractivity contribution in [2.75, 3.05) is 6.26 Å². The smallest absolute Gasteiger partial charge is 0.416 e. The molecule has 0 aliphatic rings. The summed E-state index contributed by atoms with van der Waals surface area (Å²) in [7, 11) is -3.69. The van der Waals surface area contributed by atoms with Gasteiger partial charge < -0.3 is 5.11 Å². The Morgan fingerprint density at radius 2 is 1.90 bits per heavy atom. The fourth-order valence-electron chi connectivity index (χ4n) is 1.68. The van der Waals surface area contributed by atoms with Crippen LogP contribution in [0.5, 0.6) is 0 Å². The summed E-state index contributed by atoms with van der Waals surface area (Å²) in [6, 6.07) is 0.978. The maximum atomic E-state index is 12.6. The fraction of sp³-hybridized carbons (Fsp3) is 0.364. The van der Waals surface area contributed by atoms with Crippen molar-refractivity contribution in [2.24, 2.45) is 0 Å². The van der Waals surface area contributed by atoms with E-state index in [-0.39, 0.29) is 11.1 Å². The molecular formula is C11H12F3NO4S. The number of benzene rings is 1. The van der Waals surface area contributed by atoms with E-state index in [1.807, 2.05) is 0 Å². The van der Waals surface area contributed by atoms with Crippen molar-refractivity contribution in [2.45, 2.75) is 19.1 Å². The molecule has 0 saturated carbocycles. The SMILES string of the molecule is CC(NS(C)(=O)=O)c1cc(C(F)(F)F)ccc1C(=O)O. The van der Waals surface area contributed by atoms with Gasteiger partial charge in [0.25, 0.3) is 0 Å². The first-order valence-electron chi connectivity index (χ1n) is 5.33. The first kappa shape index (κ1) is 16.4.